The number of rotatable bonds is 1. The van der Waals surface area contributed by atoms with Crippen molar-refractivity contribution >= 4 is 10.8 Å². The van der Waals surface area contributed by atoms with E-state index < -0.39 is 6.30 Å². The van der Waals surface area contributed by atoms with Crippen molar-refractivity contribution in [2.24, 2.45) is 0 Å². The molecule has 0 bridgehead atoms. The third-order valence-electron chi connectivity index (χ3n) is 3.14. The summed E-state index contributed by atoms with van der Waals surface area (Å²) in [5.41, 5.74) is 0.929. The molecule has 3 rings (SSSR count). The van der Waals surface area contributed by atoms with Crippen molar-refractivity contribution in [3.05, 3.63) is 54.2 Å². The van der Waals surface area contributed by atoms with E-state index >= 15 is 0 Å². The number of aryl methyl sites for hydroxylation is 1. The molecule has 20 heavy (non-hydrogen) atoms. The highest BCUT2D eigenvalue weighted by Crippen LogP contribution is 2.34. The third kappa shape index (κ3) is 2.05. The Morgan fingerprint density at radius 3 is 2.45 bits per heavy atom. The molecule has 0 atom stereocenters. The van der Waals surface area contributed by atoms with Crippen LogP contribution in [0.5, 0.6) is 0 Å². The largest absolute Gasteiger partial charge is 0.505 e. The molecule has 0 amide bonds. The number of aromatic nitrogens is 2. The number of alkyl halides is 3. The molecule has 1 heterocycles. The monoisotopic (exact) mass is 276 g/mol. The van der Waals surface area contributed by atoms with E-state index in [2.05, 4.69) is 5.10 Å². The Bertz CT molecular complexity index is 767. The molecular weight excluding hydrogens is 265 g/mol. The SMILES string of the molecule is Cc1cc(-c2cccc3ccccc23)n(C(F)(F)F)n1. The van der Waals surface area contributed by atoms with Gasteiger partial charge in [-0.3, -0.25) is 0 Å². The molecule has 1 aromatic heterocycles. The summed E-state index contributed by atoms with van der Waals surface area (Å²) in [6, 6.07) is 14.1. The molecule has 0 radical (unpaired) electrons. The van der Waals surface area contributed by atoms with E-state index in [1.165, 1.54) is 6.07 Å². The molecule has 5 heteroatoms. The van der Waals surface area contributed by atoms with E-state index in [0.717, 1.165) is 10.8 Å². The Balaban J connectivity index is 2.32. The van der Waals surface area contributed by atoms with Gasteiger partial charge in [0.15, 0.2) is 0 Å². The zero-order valence-electron chi connectivity index (χ0n) is 10.6. The maximum Gasteiger partial charge on any atom is 0.505 e. The topological polar surface area (TPSA) is 17.8 Å². The summed E-state index contributed by atoms with van der Waals surface area (Å²) >= 11 is 0. The molecule has 2 nitrogen and oxygen atoms in total. The number of hydrogen-bond acceptors (Lipinski definition) is 1. The second-order valence-corrected chi connectivity index (χ2v) is 4.58. The second kappa shape index (κ2) is 4.37. The Morgan fingerprint density at radius 1 is 1.00 bits per heavy atom. The van der Waals surface area contributed by atoms with Gasteiger partial charge in [-0.15, -0.1) is 13.2 Å². The zero-order valence-corrected chi connectivity index (χ0v) is 10.6. The van der Waals surface area contributed by atoms with Crippen molar-refractivity contribution in [2.75, 3.05) is 0 Å². The maximum atomic E-state index is 13.0. The van der Waals surface area contributed by atoms with Crippen LogP contribution in [-0.4, -0.2) is 9.78 Å². The predicted octanol–water partition coefficient (Wildman–Crippen LogP) is 4.49. The van der Waals surface area contributed by atoms with Crippen LogP contribution in [0.4, 0.5) is 13.2 Å². The minimum absolute atomic E-state index is 0.0619. The molecule has 102 valence electrons. The summed E-state index contributed by atoms with van der Waals surface area (Å²) in [7, 11) is 0. The number of hydrogen-bond donors (Lipinski definition) is 0. The van der Waals surface area contributed by atoms with Crippen LogP contribution in [0.3, 0.4) is 0 Å². The van der Waals surface area contributed by atoms with Gasteiger partial charge in [0.25, 0.3) is 0 Å². The second-order valence-electron chi connectivity index (χ2n) is 4.58. The molecule has 0 fully saturated rings. The van der Waals surface area contributed by atoms with Crippen molar-refractivity contribution in [1.29, 1.82) is 0 Å². The molecule has 0 saturated carbocycles. The summed E-state index contributed by atoms with van der Waals surface area (Å²) in [5, 5.41) is 5.24. The first-order valence-corrected chi connectivity index (χ1v) is 6.09. The number of fused-ring (bicyclic) bond motifs is 1. The smallest absolute Gasteiger partial charge is 0.171 e. The lowest BCUT2D eigenvalue weighted by atomic mass is 10.0. The van der Waals surface area contributed by atoms with Crippen LogP contribution in [0, 0.1) is 6.92 Å². The first kappa shape index (κ1) is 12.7. The lowest BCUT2D eigenvalue weighted by Crippen LogP contribution is -2.19. The van der Waals surface area contributed by atoms with Crippen molar-refractivity contribution in [2.45, 2.75) is 13.2 Å². The van der Waals surface area contributed by atoms with E-state index in [0.29, 0.717) is 11.3 Å². The van der Waals surface area contributed by atoms with Gasteiger partial charge in [-0.05, 0) is 23.8 Å². The van der Waals surface area contributed by atoms with Crippen LogP contribution in [0.15, 0.2) is 48.5 Å². The number of benzene rings is 2. The van der Waals surface area contributed by atoms with E-state index in [1.54, 1.807) is 19.1 Å². The van der Waals surface area contributed by atoms with E-state index in [9.17, 15) is 13.2 Å². The highest BCUT2D eigenvalue weighted by Gasteiger charge is 2.35. The molecule has 2 aromatic carbocycles. The minimum Gasteiger partial charge on any atom is -0.171 e. The fourth-order valence-corrected chi connectivity index (χ4v) is 2.33. The van der Waals surface area contributed by atoms with E-state index in [4.69, 9.17) is 0 Å². The molecule has 0 spiro atoms. The summed E-state index contributed by atoms with van der Waals surface area (Å²) in [6.07, 6.45) is -4.53. The molecule has 3 aromatic rings. The van der Waals surface area contributed by atoms with Gasteiger partial charge in [-0.1, -0.05) is 42.5 Å². The van der Waals surface area contributed by atoms with Crippen LogP contribution in [-0.2, 0) is 6.30 Å². The van der Waals surface area contributed by atoms with Gasteiger partial charge >= 0.3 is 6.30 Å². The summed E-state index contributed by atoms with van der Waals surface area (Å²) in [4.78, 5) is 0. The molecule has 0 aliphatic heterocycles. The summed E-state index contributed by atoms with van der Waals surface area (Å²) in [5.74, 6) is 0. The number of nitrogens with zero attached hydrogens (tertiary/aromatic N) is 2. The van der Waals surface area contributed by atoms with Crippen molar-refractivity contribution in [3.8, 4) is 11.3 Å². The van der Waals surface area contributed by atoms with E-state index in [1.807, 2.05) is 30.3 Å². The van der Waals surface area contributed by atoms with Gasteiger partial charge in [0.2, 0.25) is 0 Å². The molecule has 0 N–H and O–H groups in total. The van der Waals surface area contributed by atoms with Gasteiger partial charge in [0, 0.05) is 5.56 Å². The Kier molecular flexibility index (Phi) is 2.78. The maximum absolute atomic E-state index is 13.0. The standard InChI is InChI=1S/C15H11F3N2/c1-10-9-14(20(19-10)15(16,17)18)13-8-4-6-11-5-2-3-7-12(11)13/h2-9H,1H3. The summed E-state index contributed by atoms with van der Waals surface area (Å²) < 4.78 is 39.3. The average Bonchev–Trinajstić information content (AvgIpc) is 2.80. The van der Waals surface area contributed by atoms with Crippen LogP contribution in [0.25, 0.3) is 22.0 Å². The fraction of sp³-hybridized carbons (Fsp3) is 0.133. The molecule has 0 aliphatic carbocycles. The first-order chi connectivity index (χ1) is 9.47. The van der Waals surface area contributed by atoms with Crippen molar-refractivity contribution in [1.82, 2.24) is 9.78 Å². The molecule has 0 aliphatic rings. The Hall–Kier alpha value is -2.30. The van der Waals surface area contributed by atoms with Crippen LogP contribution in [0.1, 0.15) is 5.69 Å². The zero-order chi connectivity index (χ0) is 14.3. The third-order valence-corrected chi connectivity index (χ3v) is 3.14. The van der Waals surface area contributed by atoms with Crippen molar-refractivity contribution in [3.63, 3.8) is 0 Å². The average molecular weight is 276 g/mol. The van der Waals surface area contributed by atoms with Gasteiger partial charge in [0.1, 0.15) is 0 Å². The fourth-order valence-electron chi connectivity index (χ4n) is 2.33. The minimum atomic E-state index is -4.53. The quantitative estimate of drug-likeness (QED) is 0.640. The molecule has 0 unspecified atom stereocenters. The van der Waals surface area contributed by atoms with Gasteiger partial charge in [-0.2, -0.15) is 9.78 Å². The molecule has 0 saturated heterocycles. The van der Waals surface area contributed by atoms with Crippen molar-refractivity contribution < 1.29 is 13.2 Å². The normalized spacial score (nSPS) is 12.0. The lowest BCUT2D eigenvalue weighted by Gasteiger charge is -2.12. The van der Waals surface area contributed by atoms with E-state index in [-0.39, 0.29) is 10.4 Å². The predicted molar refractivity (Wildman–Crippen MR) is 71.2 cm³/mol. The highest BCUT2D eigenvalue weighted by molar-refractivity contribution is 5.95. The number of halogens is 3. The molecular formula is C15H11F3N2. The van der Waals surface area contributed by atoms with Gasteiger partial charge in [-0.25, -0.2) is 0 Å². The van der Waals surface area contributed by atoms with Crippen LogP contribution >= 0.6 is 0 Å². The van der Waals surface area contributed by atoms with Crippen LogP contribution < -0.4 is 0 Å². The lowest BCUT2D eigenvalue weighted by molar-refractivity contribution is -0.211. The Labute approximate surface area is 113 Å². The first-order valence-electron chi connectivity index (χ1n) is 6.09. The Morgan fingerprint density at radius 2 is 1.70 bits per heavy atom. The van der Waals surface area contributed by atoms with Crippen LogP contribution in [0.2, 0.25) is 0 Å². The van der Waals surface area contributed by atoms with Gasteiger partial charge < -0.3 is 0 Å². The summed E-state index contributed by atoms with van der Waals surface area (Å²) in [6.45, 7) is 1.55. The van der Waals surface area contributed by atoms with Gasteiger partial charge in [0.05, 0.1) is 11.4 Å². The highest BCUT2D eigenvalue weighted by atomic mass is 19.4.